The number of aliphatic hydroxyl groups is 1. The third kappa shape index (κ3) is 4.66. The molecule has 0 saturated carbocycles. The second kappa shape index (κ2) is 8.10. The van der Waals surface area contributed by atoms with Gasteiger partial charge in [-0.15, -0.1) is 6.58 Å². The largest absolute Gasteiger partial charge is 0.459 e. The second-order valence-electron chi connectivity index (χ2n) is 6.03. The van der Waals surface area contributed by atoms with Gasteiger partial charge in [-0.2, -0.15) is 0 Å². The van der Waals surface area contributed by atoms with Crippen LogP contribution in [0.4, 0.5) is 0 Å². The Morgan fingerprint density at radius 2 is 2.00 bits per heavy atom. The van der Waals surface area contributed by atoms with Gasteiger partial charge < -0.3 is 14.3 Å². The molecule has 21 heavy (non-hydrogen) atoms. The minimum absolute atomic E-state index is 0.0181. The normalized spacial score (nSPS) is 25.5. The second-order valence-corrected chi connectivity index (χ2v) is 10.8. The van der Waals surface area contributed by atoms with Crippen molar-refractivity contribution in [1.29, 1.82) is 0 Å². The van der Waals surface area contributed by atoms with Crippen LogP contribution in [0.25, 0.3) is 0 Å². The lowest BCUT2D eigenvalue weighted by Crippen LogP contribution is -2.43. The molecule has 5 heteroatoms. The van der Waals surface area contributed by atoms with E-state index in [1.165, 1.54) is 0 Å². The highest BCUT2D eigenvalue weighted by atomic mass is 28.4. The van der Waals surface area contributed by atoms with E-state index in [-0.39, 0.29) is 24.1 Å². The predicted molar refractivity (Wildman–Crippen MR) is 86.6 cm³/mol. The summed E-state index contributed by atoms with van der Waals surface area (Å²) < 4.78 is 11.8. The Hall–Kier alpha value is -0.653. The van der Waals surface area contributed by atoms with Gasteiger partial charge in [0.25, 0.3) is 0 Å². The third-order valence-electron chi connectivity index (χ3n) is 4.85. The van der Waals surface area contributed by atoms with Crippen LogP contribution in [0.15, 0.2) is 12.7 Å². The zero-order valence-corrected chi connectivity index (χ0v) is 14.8. The van der Waals surface area contributed by atoms with Crippen molar-refractivity contribution < 1.29 is 19.1 Å². The maximum atomic E-state index is 11.6. The van der Waals surface area contributed by atoms with Gasteiger partial charge in [-0.05, 0) is 24.1 Å². The summed E-state index contributed by atoms with van der Waals surface area (Å²) in [6, 6.07) is 3.13. The summed E-state index contributed by atoms with van der Waals surface area (Å²) in [5.74, 6) is -0.231. The molecule has 1 aliphatic heterocycles. The average Bonchev–Trinajstić information content (AvgIpc) is 2.83. The number of cyclic esters (lactones) is 1. The fourth-order valence-electron chi connectivity index (χ4n) is 2.84. The maximum absolute atomic E-state index is 11.6. The maximum Gasteiger partial charge on any atom is 0.308 e. The van der Waals surface area contributed by atoms with Crippen LogP contribution in [0.2, 0.25) is 18.1 Å². The molecule has 0 spiro atoms. The van der Waals surface area contributed by atoms with Gasteiger partial charge in [0.05, 0.1) is 18.6 Å². The van der Waals surface area contributed by atoms with E-state index >= 15 is 0 Å². The van der Waals surface area contributed by atoms with Gasteiger partial charge >= 0.3 is 5.97 Å². The standard InChI is InChI=1S/C16H30O4Si/c1-6-12(5)13(17)10-14-15(11-16(18)19-14)20-21(7-2,8-3)9-4/h6,12-15,17H,1,7-11H2,2-5H3/t12-,13+,14-,15-/m0/s1. The Morgan fingerprint density at radius 1 is 1.43 bits per heavy atom. The van der Waals surface area contributed by atoms with Crippen LogP contribution in [-0.2, 0) is 14.0 Å². The van der Waals surface area contributed by atoms with Gasteiger partial charge in [0.2, 0.25) is 0 Å². The van der Waals surface area contributed by atoms with E-state index in [2.05, 4.69) is 27.4 Å². The molecule has 1 aliphatic rings. The van der Waals surface area contributed by atoms with E-state index < -0.39 is 14.4 Å². The number of hydrogen-bond donors (Lipinski definition) is 1. The highest BCUT2D eigenvalue weighted by Crippen LogP contribution is 2.31. The molecule has 0 aromatic carbocycles. The van der Waals surface area contributed by atoms with E-state index in [4.69, 9.17) is 9.16 Å². The number of carbonyl (C=O) groups is 1. The smallest absolute Gasteiger partial charge is 0.308 e. The summed E-state index contributed by atoms with van der Waals surface area (Å²) in [5, 5.41) is 10.1. The highest BCUT2D eigenvalue weighted by Gasteiger charge is 2.42. The van der Waals surface area contributed by atoms with Gasteiger partial charge in [0.1, 0.15) is 6.10 Å². The lowest BCUT2D eigenvalue weighted by Gasteiger charge is -2.33. The zero-order valence-electron chi connectivity index (χ0n) is 13.8. The number of rotatable bonds is 9. The molecule has 0 aromatic rings. The zero-order chi connectivity index (χ0) is 16.0. The Kier molecular flexibility index (Phi) is 7.10. The Balaban J connectivity index is 2.74. The average molecular weight is 314 g/mol. The Labute approximate surface area is 129 Å². The molecular weight excluding hydrogens is 284 g/mol. The van der Waals surface area contributed by atoms with Crippen LogP contribution in [0, 0.1) is 5.92 Å². The molecular formula is C16H30O4Si. The lowest BCUT2D eigenvalue weighted by atomic mass is 9.97. The Bertz CT molecular complexity index is 346. The monoisotopic (exact) mass is 314 g/mol. The molecule has 1 N–H and O–H groups in total. The molecule has 4 nitrogen and oxygen atoms in total. The van der Waals surface area contributed by atoms with Crippen LogP contribution in [0.1, 0.15) is 40.5 Å². The van der Waals surface area contributed by atoms with E-state index in [9.17, 15) is 9.90 Å². The first-order valence-electron chi connectivity index (χ1n) is 8.09. The van der Waals surface area contributed by atoms with Gasteiger partial charge in [0.15, 0.2) is 8.32 Å². The summed E-state index contributed by atoms with van der Waals surface area (Å²) in [5.41, 5.74) is 0. The summed E-state index contributed by atoms with van der Waals surface area (Å²) in [7, 11) is -1.77. The predicted octanol–water partition coefficient (Wildman–Crippen LogP) is 3.27. The summed E-state index contributed by atoms with van der Waals surface area (Å²) in [6.45, 7) is 12.1. The van der Waals surface area contributed by atoms with Gasteiger partial charge in [-0.1, -0.05) is 33.8 Å². The fourth-order valence-corrected chi connectivity index (χ4v) is 5.71. The molecule has 1 heterocycles. The molecule has 0 aromatic heterocycles. The van der Waals surface area contributed by atoms with Crippen LogP contribution in [-0.4, -0.2) is 37.7 Å². The first kappa shape index (κ1) is 18.4. The number of esters is 1. The van der Waals surface area contributed by atoms with Crippen molar-refractivity contribution in [2.24, 2.45) is 5.92 Å². The molecule has 0 unspecified atom stereocenters. The number of carbonyl (C=O) groups excluding carboxylic acids is 1. The number of hydrogen-bond acceptors (Lipinski definition) is 4. The van der Waals surface area contributed by atoms with Gasteiger partial charge in [0, 0.05) is 6.42 Å². The first-order valence-corrected chi connectivity index (χ1v) is 10.6. The van der Waals surface area contributed by atoms with Crippen molar-refractivity contribution in [3.8, 4) is 0 Å². The quantitative estimate of drug-likeness (QED) is 0.403. The van der Waals surface area contributed by atoms with Crippen molar-refractivity contribution >= 4 is 14.3 Å². The third-order valence-corrected chi connectivity index (χ3v) is 9.52. The topological polar surface area (TPSA) is 55.8 Å². The van der Waals surface area contributed by atoms with Crippen LogP contribution in [0.3, 0.4) is 0 Å². The van der Waals surface area contributed by atoms with Crippen LogP contribution >= 0.6 is 0 Å². The van der Waals surface area contributed by atoms with Crippen molar-refractivity contribution in [3.63, 3.8) is 0 Å². The van der Waals surface area contributed by atoms with Crippen molar-refractivity contribution in [2.75, 3.05) is 0 Å². The van der Waals surface area contributed by atoms with Gasteiger partial charge in [-0.3, -0.25) is 4.79 Å². The van der Waals surface area contributed by atoms with Crippen molar-refractivity contribution in [2.45, 2.75) is 77.0 Å². The summed E-state index contributed by atoms with van der Waals surface area (Å²) in [6.07, 6.45) is 1.38. The number of ether oxygens (including phenoxy) is 1. The van der Waals surface area contributed by atoms with E-state index in [0.29, 0.717) is 12.8 Å². The first-order chi connectivity index (χ1) is 9.91. The molecule has 0 bridgehead atoms. The molecule has 1 saturated heterocycles. The van der Waals surface area contributed by atoms with Crippen LogP contribution < -0.4 is 0 Å². The molecule has 122 valence electrons. The SMILES string of the molecule is C=C[C@H](C)[C@H](O)C[C@@H]1OC(=O)C[C@@H]1O[Si](CC)(CC)CC. The Morgan fingerprint density at radius 3 is 2.48 bits per heavy atom. The van der Waals surface area contributed by atoms with E-state index in [1.807, 2.05) is 6.92 Å². The molecule has 1 fully saturated rings. The summed E-state index contributed by atoms with van der Waals surface area (Å²) >= 11 is 0. The highest BCUT2D eigenvalue weighted by molar-refractivity contribution is 6.73. The summed E-state index contributed by atoms with van der Waals surface area (Å²) in [4.78, 5) is 11.6. The molecule has 0 amide bonds. The van der Waals surface area contributed by atoms with Crippen molar-refractivity contribution in [3.05, 3.63) is 12.7 Å². The van der Waals surface area contributed by atoms with E-state index in [1.54, 1.807) is 6.08 Å². The van der Waals surface area contributed by atoms with Gasteiger partial charge in [-0.25, -0.2) is 0 Å². The van der Waals surface area contributed by atoms with Crippen LogP contribution in [0.5, 0.6) is 0 Å². The minimum atomic E-state index is -1.77. The molecule has 1 rings (SSSR count). The fraction of sp³-hybridized carbons (Fsp3) is 0.812. The number of aliphatic hydroxyl groups excluding tert-OH is 1. The lowest BCUT2D eigenvalue weighted by molar-refractivity contribution is -0.142. The minimum Gasteiger partial charge on any atom is -0.459 e. The van der Waals surface area contributed by atoms with E-state index in [0.717, 1.165) is 18.1 Å². The molecule has 0 radical (unpaired) electrons. The van der Waals surface area contributed by atoms with Crippen molar-refractivity contribution in [1.82, 2.24) is 0 Å². The molecule has 0 aliphatic carbocycles. The molecule has 4 atom stereocenters.